The molecule has 0 radical (unpaired) electrons. The zero-order chi connectivity index (χ0) is 15.6. The van der Waals surface area contributed by atoms with Gasteiger partial charge in [0.1, 0.15) is 10.8 Å². The Morgan fingerprint density at radius 2 is 1.76 bits per heavy atom. The lowest BCUT2D eigenvalue weighted by Crippen LogP contribution is -2.15. The molecule has 108 valence electrons. The van der Waals surface area contributed by atoms with Gasteiger partial charge >= 0.3 is 0 Å². The molecule has 3 nitrogen and oxygen atoms in total. The Kier molecular flexibility index (Phi) is 4.33. The van der Waals surface area contributed by atoms with Crippen molar-refractivity contribution in [2.75, 3.05) is 5.32 Å². The lowest BCUT2D eigenvalue weighted by molar-refractivity contribution is 0.102. The Labute approximate surface area is 128 Å². The lowest BCUT2D eigenvalue weighted by Gasteiger charge is -2.09. The predicted octanol–water partition coefficient (Wildman–Crippen LogP) is 3.33. The van der Waals surface area contributed by atoms with E-state index >= 15 is 0 Å². The van der Waals surface area contributed by atoms with Gasteiger partial charge in [-0.2, -0.15) is 0 Å². The molecule has 1 amide bonds. The first-order valence-corrected chi connectivity index (χ1v) is 6.76. The van der Waals surface area contributed by atoms with Crippen molar-refractivity contribution < 1.29 is 9.18 Å². The van der Waals surface area contributed by atoms with E-state index in [0.29, 0.717) is 11.3 Å². The molecule has 3 N–H and O–H groups in total. The number of hydrogen-bond donors (Lipinski definition) is 2. The SMILES string of the molecule is Cc1cc(C)cc(C(=O)Nc2ccc(F)c(C(N)=S)c2)c1. The molecular formula is C16H15FN2OS. The Morgan fingerprint density at radius 1 is 1.14 bits per heavy atom. The van der Waals surface area contributed by atoms with Gasteiger partial charge in [0.15, 0.2) is 0 Å². The molecule has 0 atom stereocenters. The molecule has 0 aliphatic rings. The molecule has 0 bridgehead atoms. The van der Waals surface area contributed by atoms with Gasteiger partial charge in [-0.1, -0.05) is 29.4 Å². The van der Waals surface area contributed by atoms with Gasteiger partial charge in [0.2, 0.25) is 0 Å². The molecule has 2 aromatic carbocycles. The third-order valence-corrected chi connectivity index (χ3v) is 3.19. The number of thiocarbonyl (C=S) groups is 1. The summed E-state index contributed by atoms with van der Waals surface area (Å²) >= 11 is 4.78. The molecule has 2 rings (SSSR count). The fraction of sp³-hybridized carbons (Fsp3) is 0.125. The van der Waals surface area contributed by atoms with Crippen molar-refractivity contribution in [2.24, 2.45) is 5.73 Å². The minimum absolute atomic E-state index is 0.0463. The van der Waals surface area contributed by atoms with Gasteiger partial charge in [0.25, 0.3) is 5.91 Å². The number of nitrogens with two attached hydrogens (primary N) is 1. The molecule has 0 aliphatic heterocycles. The fourth-order valence-electron chi connectivity index (χ4n) is 2.10. The largest absolute Gasteiger partial charge is 0.389 e. The Balaban J connectivity index is 2.27. The van der Waals surface area contributed by atoms with Gasteiger partial charge in [-0.25, -0.2) is 4.39 Å². The summed E-state index contributed by atoms with van der Waals surface area (Å²) in [5, 5.41) is 2.71. The smallest absolute Gasteiger partial charge is 0.255 e. The maximum Gasteiger partial charge on any atom is 0.255 e. The van der Waals surface area contributed by atoms with E-state index in [2.05, 4.69) is 5.32 Å². The molecule has 0 unspecified atom stereocenters. The number of benzene rings is 2. The minimum Gasteiger partial charge on any atom is -0.389 e. The zero-order valence-electron chi connectivity index (χ0n) is 11.7. The van der Waals surface area contributed by atoms with E-state index in [-0.39, 0.29) is 16.5 Å². The van der Waals surface area contributed by atoms with Crippen LogP contribution >= 0.6 is 12.2 Å². The van der Waals surface area contributed by atoms with Crippen LogP contribution in [0.5, 0.6) is 0 Å². The van der Waals surface area contributed by atoms with Crippen LogP contribution in [0.1, 0.15) is 27.0 Å². The Bertz CT molecular complexity index is 708. The second kappa shape index (κ2) is 6.01. The summed E-state index contributed by atoms with van der Waals surface area (Å²) in [5.74, 6) is -0.769. The van der Waals surface area contributed by atoms with Crippen molar-refractivity contribution in [2.45, 2.75) is 13.8 Å². The second-order valence-electron chi connectivity index (χ2n) is 4.89. The molecule has 0 fully saturated rings. The molecule has 21 heavy (non-hydrogen) atoms. The molecule has 0 spiro atoms. The summed E-state index contributed by atoms with van der Waals surface area (Å²) in [7, 11) is 0. The van der Waals surface area contributed by atoms with Gasteiger partial charge in [-0.15, -0.1) is 0 Å². The number of aryl methyl sites for hydroxylation is 2. The fourth-order valence-corrected chi connectivity index (χ4v) is 2.26. The predicted molar refractivity (Wildman–Crippen MR) is 86.2 cm³/mol. The van der Waals surface area contributed by atoms with E-state index in [1.54, 1.807) is 12.1 Å². The van der Waals surface area contributed by atoms with Crippen LogP contribution in [0.2, 0.25) is 0 Å². The van der Waals surface area contributed by atoms with E-state index in [9.17, 15) is 9.18 Å². The highest BCUT2D eigenvalue weighted by Gasteiger charge is 2.10. The molecule has 0 saturated carbocycles. The molecular weight excluding hydrogens is 287 g/mol. The maximum atomic E-state index is 13.5. The summed E-state index contributed by atoms with van der Waals surface area (Å²) in [4.78, 5) is 12.2. The topological polar surface area (TPSA) is 55.1 Å². The molecule has 0 heterocycles. The van der Waals surface area contributed by atoms with Crippen LogP contribution < -0.4 is 11.1 Å². The number of amides is 1. The Hall–Kier alpha value is -2.27. The number of hydrogen-bond acceptors (Lipinski definition) is 2. The highest BCUT2D eigenvalue weighted by molar-refractivity contribution is 7.80. The van der Waals surface area contributed by atoms with Gasteiger partial charge < -0.3 is 11.1 Å². The Morgan fingerprint density at radius 3 is 2.33 bits per heavy atom. The minimum atomic E-state index is -0.508. The van der Waals surface area contributed by atoms with E-state index in [4.69, 9.17) is 18.0 Å². The zero-order valence-corrected chi connectivity index (χ0v) is 12.6. The van der Waals surface area contributed by atoms with E-state index < -0.39 is 5.82 Å². The van der Waals surface area contributed by atoms with Crippen molar-refractivity contribution in [3.8, 4) is 0 Å². The molecule has 5 heteroatoms. The molecule has 2 aromatic rings. The van der Waals surface area contributed by atoms with E-state index in [1.165, 1.54) is 18.2 Å². The number of carbonyl (C=O) groups is 1. The third-order valence-electron chi connectivity index (χ3n) is 2.97. The highest BCUT2D eigenvalue weighted by atomic mass is 32.1. The maximum absolute atomic E-state index is 13.5. The van der Waals surface area contributed by atoms with Gasteiger partial charge in [0, 0.05) is 16.8 Å². The summed E-state index contributed by atoms with van der Waals surface area (Å²) in [6.45, 7) is 3.85. The monoisotopic (exact) mass is 302 g/mol. The first-order valence-electron chi connectivity index (χ1n) is 6.36. The average molecular weight is 302 g/mol. The van der Waals surface area contributed by atoms with Crippen LogP contribution in [0.4, 0.5) is 10.1 Å². The number of carbonyl (C=O) groups excluding carboxylic acids is 1. The van der Waals surface area contributed by atoms with Crippen molar-refractivity contribution >= 4 is 28.8 Å². The van der Waals surface area contributed by atoms with Crippen molar-refractivity contribution in [3.05, 3.63) is 64.5 Å². The third kappa shape index (κ3) is 3.64. The molecule has 0 saturated heterocycles. The summed E-state index contributed by atoms with van der Waals surface area (Å²) in [6.07, 6.45) is 0. The summed E-state index contributed by atoms with van der Waals surface area (Å²) < 4.78 is 13.5. The number of rotatable bonds is 3. The van der Waals surface area contributed by atoms with Gasteiger partial charge in [-0.3, -0.25) is 4.79 Å². The highest BCUT2D eigenvalue weighted by Crippen LogP contribution is 2.17. The number of anilines is 1. The van der Waals surface area contributed by atoms with Crippen LogP contribution in [-0.2, 0) is 0 Å². The normalized spacial score (nSPS) is 10.2. The van der Waals surface area contributed by atoms with Crippen LogP contribution in [0.15, 0.2) is 36.4 Å². The average Bonchev–Trinajstić information content (AvgIpc) is 2.39. The van der Waals surface area contributed by atoms with Crippen LogP contribution in [0.3, 0.4) is 0 Å². The van der Waals surface area contributed by atoms with Crippen molar-refractivity contribution in [1.82, 2.24) is 0 Å². The summed E-state index contributed by atoms with van der Waals surface area (Å²) in [5.41, 5.74) is 8.56. The van der Waals surface area contributed by atoms with Gasteiger partial charge in [0.05, 0.1) is 0 Å². The molecule has 0 aliphatic carbocycles. The first-order chi connectivity index (χ1) is 9.86. The standard InChI is InChI=1S/C16H15FN2OS/c1-9-5-10(2)7-11(6-9)16(20)19-12-3-4-14(17)13(8-12)15(18)21/h3-8H,1-2H3,(H2,18,21)(H,19,20). The van der Waals surface area contributed by atoms with Crippen molar-refractivity contribution in [3.63, 3.8) is 0 Å². The lowest BCUT2D eigenvalue weighted by atomic mass is 10.1. The van der Waals surface area contributed by atoms with Crippen LogP contribution in [-0.4, -0.2) is 10.9 Å². The number of nitrogens with one attached hydrogen (secondary N) is 1. The number of halogens is 1. The molecule has 0 aromatic heterocycles. The van der Waals surface area contributed by atoms with Crippen molar-refractivity contribution in [1.29, 1.82) is 0 Å². The van der Waals surface area contributed by atoms with Gasteiger partial charge in [-0.05, 0) is 44.2 Å². The summed E-state index contributed by atoms with van der Waals surface area (Å²) in [6, 6.07) is 9.70. The van der Waals surface area contributed by atoms with Crippen LogP contribution in [0, 0.1) is 19.7 Å². The second-order valence-corrected chi connectivity index (χ2v) is 5.33. The van der Waals surface area contributed by atoms with Crippen LogP contribution in [0.25, 0.3) is 0 Å². The quantitative estimate of drug-likeness (QED) is 0.855. The van der Waals surface area contributed by atoms with E-state index in [1.807, 2.05) is 19.9 Å². The first kappa shape index (κ1) is 15.1. The van der Waals surface area contributed by atoms with E-state index in [0.717, 1.165) is 11.1 Å².